The Morgan fingerprint density at radius 3 is 2.78 bits per heavy atom. The second-order valence-corrected chi connectivity index (χ2v) is 7.92. The molecule has 0 amide bonds. The average molecular weight is 452 g/mol. The third kappa shape index (κ3) is 5.25. The van der Waals surface area contributed by atoms with Gasteiger partial charge in [-0.1, -0.05) is 12.1 Å². The molecule has 3 rings (SSSR count). The van der Waals surface area contributed by atoms with Gasteiger partial charge in [0.15, 0.2) is 0 Å². The summed E-state index contributed by atoms with van der Waals surface area (Å²) in [6.07, 6.45) is 1.56. The van der Waals surface area contributed by atoms with Crippen LogP contribution < -0.4 is 4.74 Å². The SMILES string of the molecule is COCCn1c(C)cc(/C=C(\C#N)C(=O)OCc2csc(-c3ccccc3OC)n2)c1C. The second-order valence-electron chi connectivity index (χ2n) is 7.06. The van der Waals surface area contributed by atoms with Crippen molar-refractivity contribution < 1.29 is 19.0 Å². The van der Waals surface area contributed by atoms with Gasteiger partial charge in [0, 0.05) is 30.4 Å². The summed E-state index contributed by atoms with van der Waals surface area (Å²) in [5.74, 6) is 0.0456. The first-order valence-electron chi connectivity index (χ1n) is 10.0. The van der Waals surface area contributed by atoms with Crippen molar-refractivity contribution in [2.24, 2.45) is 0 Å². The number of esters is 1. The normalized spacial score (nSPS) is 11.3. The lowest BCUT2D eigenvalue weighted by Crippen LogP contribution is -2.08. The summed E-state index contributed by atoms with van der Waals surface area (Å²) in [4.78, 5) is 17.1. The van der Waals surface area contributed by atoms with E-state index in [4.69, 9.17) is 14.2 Å². The minimum absolute atomic E-state index is 0.0175. The van der Waals surface area contributed by atoms with Gasteiger partial charge in [-0.3, -0.25) is 0 Å². The fraction of sp³-hybridized carbons (Fsp3) is 0.292. The maximum atomic E-state index is 12.5. The van der Waals surface area contributed by atoms with Crippen LogP contribution >= 0.6 is 11.3 Å². The van der Waals surface area contributed by atoms with Crippen molar-refractivity contribution in [2.45, 2.75) is 27.0 Å². The number of nitriles is 1. The molecule has 32 heavy (non-hydrogen) atoms. The molecule has 0 fully saturated rings. The van der Waals surface area contributed by atoms with Crippen LogP contribution in [0.25, 0.3) is 16.6 Å². The zero-order chi connectivity index (χ0) is 23.1. The molecule has 2 heterocycles. The van der Waals surface area contributed by atoms with Crippen LogP contribution in [-0.2, 0) is 27.4 Å². The van der Waals surface area contributed by atoms with Gasteiger partial charge < -0.3 is 18.8 Å². The van der Waals surface area contributed by atoms with Crippen LogP contribution in [0.1, 0.15) is 22.6 Å². The Labute approximate surface area is 191 Å². The number of carbonyl (C=O) groups excluding carboxylic acids is 1. The minimum Gasteiger partial charge on any atom is -0.496 e. The van der Waals surface area contributed by atoms with Crippen molar-refractivity contribution in [3.05, 3.63) is 63.9 Å². The number of thiazole rings is 1. The van der Waals surface area contributed by atoms with Crippen LogP contribution in [0.5, 0.6) is 5.75 Å². The molecule has 7 nitrogen and oxygen atoms in total. The first-order valence-corrected chi connectivity index (χ1v) is 10.9. The number of para-hydroxylation sites is 1. The zero-order valence-corrected chi connectivity index (χ0v) is 19.4. The largest absolute Gasteiger partial charge is 0.496 e. The number of methoxy groups -OCH3 is 2. The number of benzene rings is 1. The standard InChI is InChI=1S/C24H25N3O4S/c1-16-11-18(17(2)27(16)9-10-29-3)12-19(13-25)24(28)31-14-20-15-32-23(26-20)21-7-5-6-8-22(21)30-4/h5-8,11-12,15H,9-10,14H2,1-4H3/b19-12+. The third-order valence-corrected chi connectivity index (χ3v) is 5.94. The predicted molar refractivity (Wildman–Crippen MR) is 123 cm³/mol. The Balaban J connectivity index is 1.71. The van der Waals surface area contributed by atoms with E-state index in [9.17, 15) is 10.1 Å². The fourth-order valence-electron chi connectivity index (χ4n) is 3.33. The third-order valence-electron chi connectivity index (χ3n) is 5.01. The highest BCUT2D eigenvalue weighted by Crippen LogP contribution is 2.32. The number of hydrogen-bond donors (Lipinski definition) is 0. The van der Waals surface area contributed by atoms with Gasteiger partial charge in [0.05, 0.1) is 25.0 Å². The van der Waals surface area contributed by atoms with Crippen LogP contribution in [0.15, 0.2) is 41.3 Å². The molecule has 166 valence electrons. The molecular formula is C24H25N3O4S. The highest BCUT2D eigenvalue weighted by atomic mass is 32.1. The van der Waals surface area contributed by atoms with E-state index in [1.54, 1.807) is 20.3 Å². The van der Waals surface area contributed by atoms with Crippen molar-refractivity contribution in [1.29, 1.82) is 5.26 Å². The lowest BCUT2D eigenvalue weighted by molar-refractivity contribution is -0.139. The van der Waals surface area contributed by atoms with E-state index in [0.717, 1.165) is 33.3 Å². The lowest BCUT2D eigenvalue weighted by Gasteiger charge is -2.08. The van der Waals surface area contributed by atoms with Gasteiger partial charge in [0.2, 0.25) is 0 Å². The van der Waals surface area contributed by atoms with Gasteiger partial charge >= 0.3 is 5.97 Å². The molecule has 0 saturated carbocycles. The smallest absolute Gasteiger partial charge is 0.349 e. The molecule has 2 aromatic heterocycles. The van der Waals surface area contributed by atoms with E-state index in [2.05, 4.69) is 9.55 Å². The lowest BCUT2D eigenvalue weighted by atomic mass is 10.1. The molecule has 0 saturated heterocycles. The van der Waals surface area contributed by atoms with Crippen LogP contribution in [0.3, 0.4) is 0 Å². The highest BCUT2D eigenvalue weighted by Gasteiger charge is 2.16. The van der Waals surface area contributed by atoms with Crippen molar-refractivity contribution in [3.63, 3.8) is 0 Å². The van der Waals surface area contributed by atoms with Crippen LogP contribution in [0, 0.1) is 25.2 Å². The first-order chi connectivity index (χ1) is 15.5. The number of aryl methyl sites for hydroxylation is 1. The van der Waals surface area contributed by atoms with E-state index in [1.807, 2.05) is 55.6 Å². The van der Waals surface area contributed by atoms with E-state index in [-0.39, 0.29) is 12.2 Å². The summed E-state index contributed by atoms with van der Waals surface area (Å²) >= 11 is 1.44. The van der Waals surface area contributed by atoms with Gasteiger partial charge in [0.25, 0.3) is 0 Å². The van der Waals surface area contributed by atoms with Crippen molar-refractivity contribution >= 4 is 23.4 Å². The summed E-state index contributed by atoms with van der Waals surface area (Å²) in [5.41, 5.74) is 4.22. The Bertz CT molecular complexity index is 1170. The number of nitrogens with zero attached hydrogens (tertiary/aromatic N) is 3. The number of carbonyl (C=O) groups is 1. The molecule has 0 radical (unpaired) electrons. The Hall–Kier alpha value is -3.41. The molecule has 3 aromatic rings. The predicted octanol–water partition coefficient (Wildman–Crippen LogP) is 4.53. The molecule has 8 heteroatoms. The van der Waals surface area contributed by atoms with Crippen LogP contribution in [0.4, 0.5) is 0 Å². The first kappa shape index (κ1) is 23.3. The van der Waals surface area contributed by atoms with E-state index < -0.39 is 5.97 Å². The van der Waals surface area contributed by atoms with Gasteiger partial charge in [-0.15, -0.1) is 11.3 Å². The quantitative estimate of drug-likeness (QED) is 0.270. The van der Waals surface area contributed by atoms with Gasteiger partial charge in [-0.25, -0.2) is 9.78 Å². The average Bonchev–Trinajstić information content (AvgIpc) is 3.38. The number of ether oxygens (including phenoxy) is 3. The molecular weight excluding hydrogens is 426 g/mol. The Morgan fingerprint density at radius 1 is 1.28 bits per heavy atom. The minimum atomic E-state index is -0.680. The molecule has 0 aliphatic carbocycles. The topological polar surface area (TPSA) is 86.4 Å². The molecule has 0 atom stereocenters. The molecule has 0 N–H and O–H groups in total. The number of hydrogen-bond acceptors (Lipinski definition) is 7. The van der Waals surface area contributed by atoms with Crippen LogP contribution in [0.2, 0.25) is 0 Å². The summed E-state index contributed by atoms with van der Waals surface area (Å²) in [7, 11) is 3.26. The van der Waals surface area contributed by atoms with E-state index >= 15 is 0 Å². The fourth-order valence-corrected chi connectivity index (χ4v) is 4.16. The van der Waals surface area contributed by atoms with Crippen molar-refractivity contribution in [2.75, 3.05) is 20.8 Å². The Kier molecular flexibility index (Phi) is 7.82. The summed E-state index contributed by atoms with van der Waals surface area (Å²) in [6.45, 7) is 5.19. The second kappa shape index (κ2) is 10.8. The van der Waals surface area contributed by atoms with E-state index in [0.29, 0.717) is 18.8 Å². The molecule has 0 aliphatic heterocycles. The van der Waals surface area contributed by atoms with E-state index in [1.165, 1.54) is 11.3 Å². The number of rotatable bonds is 9. The summed E-state index contributed by atoms with van der Waals surface area (Å²) < 4.78 is 18.0. The van der Waals surface area contributed by atoms with Gasteiger partial charge in [-0.2, -0.15) is 5.26 Å². The molecule has 0 bridgehead atoms. The Morgan fingerprint density at radius 2 is 2.06 bits per heavy atom. The monoisotopic (exact) mass is 451 g/mol. The maximum absolute atomic E-state index is 12.5. The van der Waals surface area contributed by atoms with Crippen molar-refractivity contribution in [3.8, 4) is 22.4 Å². The molecule has 0 unspecified atom stereocenters. The van der Waals surface area contributed by atoms with Gasteiger partial charge in [-0.05, 0) is 43.7 Å². The molecule has 1 aromatic carbocycles. The van der Waals surface area contributed by atoms with Crippen LogP contribution in [-0.4, -0.2) is 36.3 Å². The van der Waals surface area contributed by atoms with Gasteiger partial charge in [0.1, 0.15) is 29.0 Å². The molecule has 0 aliphatic rings. The molecule has 0 spiro atoms. The summed E-state index contributed by atoms with van der Waals surface area (Å²) in [6, 6.07) is 11.5. The van der Waals surface area contributed by atoms with Crippen molar-refractivity contribution in [1.82, 2.24) is 9.55 Å². The highest BCUT2D eigenvalue weighted by molar-refractivity contribution is 7.13. The number of aromatic nitrogens is 2. The zero-order valence-electron chi connectivity index (χ0n) is 18.5. The summed E-state index contributed by atoms with van der Waals surface area (Å²) in [5, 5.41) is 12.1. The maximum Gasteiger partial charge on any atom is 0.349 e.